The summed E-state index contributed by atoms with van der Waals surface area (Å²) in [6.07, 6.45) is -4.72. The Morgan fingerprint density at radius 2 is 1.70 bits per heavy atom. The van der Waals surface area contributed by atoms with E-state index in [9.17, 15) is 37.1 Å². The number of ether oxygens (including phenoxy) is 1. The first-order chi connectivity index (χ1) is 22.4. The molecule has 3 aromatic carbocycles. The van der Waals surface area contributed by atoms with Crippen molar-refractivity contribution in [1.82, 2.24) is 4.57 Å². The summed E-state index contributed by atoms with van der Waals surface area (Å²) in [6.45, 7) is 1.24. The highest BCUT2D eigenvalue weighted by Crippen LogP contribution is 2.54. The van der Waals surface area contributed by atoms with Gasteiger partial charge in [-0.3, -0.25) is 23.7 Å². The van der Waals surface area contributed by atoms with Crippen molar-refractivity contribution in [2.45, 2.75) is 35.8 Å². The fraction of sp³-hybridized carbons (Fsp3) is 0.219. The summed E-state index contributed by atoms with van der Waals surface area (Å²) in [5.41, 5.74) is -0.350. The number of hydrogen-bond acceptors (Lipinski definition) is 8. The monoisotopic (exact) mass is 745 g/mol. The topological polar surface area (TPSA) is 115 Å². The number of hydrogen-bond donors (Lipinski definition) is 1. The van der Waals surface area contributed by atoms with E-state index in [-0.39, 0.29) is 22.9 Å². The molecule has 1 saturated heterocycles. The lowest BCUT2D eigenvalue weighted by molar-refractivity contribution is -0.137. The molecule has 3 amide bonds. The molecule has 3 unspecified atom stereocenters. The van der Waals surface area contributed by atoms with Gasteiger partial charge < -0.3 is 10.1 Å². The molecular weight excluding hydrogens is 723 g/mol. The second kappa shape index (κ2) is 12.8. The quantitative estimate of drug-likeness (QED) is 0.174. The van der Waals surface area contributed by atoms with E-state index in [1.165, 1.54) is 36.4 Å². The summed E-state index contributed by atoms with van der Waals surface area (Å²) in [5.74, 6) is -4.14. The predicted octanol–water partition coefficient (Wildman–Crippen LogP) is 6.30. The number of alkyl halides is 3. The van der Waals surface area contributed by atoms with Crippen molar-refractivity contribution in [3.05, 3.63) is 109 Å². The number of nitrogens with one attached hydrogen (secondary N) is 1. The summed E-state index contributed by atoms with van der Waals surface area (Å²) in [7, 11) is 0. The van der Waals surface area contributed by atoms with Crippen molar-refractivity contribution in [1.29, 1.82) is 0 Å². The van der Waals surface area contributed by atoms with Crippen LogP contribution in [0.2, 0.25) is 0 Å². The van der Waals surface area contributed by atoms with Crippen molar-refractivity contribution >= 4 is 74.1 Å². The van der Waals surface area contributed by atoms with Crippen LogP contribution in [0.25, 0.3) is 0 Å². The van der Waals surface area contributed by atoms with E-state index in [2.05, 4.69) is 21.2 Å². The second-order valence-corrected chi connectivity index (χ2v) is 13.6. The number of amides is 3. The highest BCUT2D eigenvalue weighted by atomic mass is 79.9. The first-order valence-electron chi connectivity index (χ1n) is 14.2. The molecule has 47 heavy (non-hydrogen) atoms. The molecule has 1 N–H and O–H groups in total. The Morgan fingerprint density at radius 1 is 0.979 bits per heavy atom. The molecule has 3 heterocycles. The lowest BCUT2D eigenvalue weighted by atomic mass is 9.83. The molecule has 242 valence electrons. The molecule has 9 nitrogen and oxygen atoms in total. The standard InChI is InChI=1S/C32H23BrF3N3O6S2/c1-2-45-30(43)16-10-12-19(13-11-16)39-27(41)24-23(17-6-5-7-18(33)14-17)26-29(46-25(24)28(39)42)38(31(44)47-26)15-22(40)37-21-9-4-3-8-20(21)32(34,35)36/h3-14,23-25H,2,15H2,1H3,(H,37,40). The number of anilines is 2. The Kier molecular flexibility index (Phi) is 8.89. The van der Waals surface area contributed by atoms with Crippen LogP contribution in [0.1, 0.15) is 39.2 Å². The maximum atomic E-state index is 14.1. The summed E-state index contributed by atoms with van der Waals surface area (Å²) in [6, 6.07) is 17.5. The van der Waals surface area contributed by atoms with Crippen LogP contribution >= 0.6 is 39.0 Å². The van der Waals surface area contributed by atoms with Crippen molar-refractivity contribution < 1.29 is 37.1 Å². The largest absolute Gasteiger partial charge is 0.462 e. The van der Waals surface area contributed by atoms with Crippen LogP contribution in [0.3, 0.4) is 0 Å². The van der Waals surface area contributed by atoms with Gasteiger partial charge in [-0.15, -0.1) is 0 Å². The predicted molar refractivity (Wildman–Crippen MR) is 173 cm³/mol. The number of esters is 1. The van der Waals surface area contributed by atoms with Crippen molar-refractivity contribution in [2.24, 2.45) is 5.92 Å². The Morgan fingerprint density at radius 3 is 2.38 bits per heavy atom. The van der Waals surface area contributed by atoms with Crippen LogP contribution in [0.4, 0.5) is 24.5 Å². The number of nitrogens with zero attached hydrogens (tertiary/aromatic N) is 2. The van der Waals surface area contributed by atoms with E-state index >= 15 is 0 Å². The number of para-hydroxylation sites is 1. The van der Waals surface area contributed by atoms with Gasteiger partial charge >= 0.3 is 17.0 Å². The van der Waals surface area contributed by atoms with Gasteiger partial charge in [0.05, 0.1) is 40.1 Å². The van der Waals surface area contributed by atoms with Crippen LogP contribution in [0.5, 0.6) is 0 Å². The smallest absolute Gasteiger partial charge is 0.418 e. The number of rotatable bonds is 7. The molecule has 0 bridgehead atoms. The van der Waals surface area contributed by atoms with Crippen LogP contribution in [0, 0.1) is 5.92 Å². The van der Waals surface area contributed by atoms with Gasteiger partial charge in [-0.25, -0.2) is 9.69 Å². The number of carbonyl (C=O) groups is 4. The third-order valence-electron chi connectivity index (χ3n) is 7.70. The Bertz CT molecular complexity index is 1980. The average Bonchev–Trinajstić information content (AvgIpc) is 3.47. The number of carbonyl (C=O) groups excluding carboxylic acids is 4. The van der Waals surface area contributed by atoms with Gasteiger partial charge in [-0.05, 0) is 61.0 Å². The van der Waals surface area contributed by atoms with Gasteiger partial charge in [-0.1, -0.05) is 63.3 Å². The maximum Gasteiger partial charge on any atom is 0.418 e. The lowest BCUT2D eigenvalue weighted by Gasteiger charge is -2.30. The van der Waals surface area contributed by atoms with Crippen molar-refractivity contribution in [2.75, 3.05) is 16.8 Å². The number of aromatic nitrogens is 1. The number of imide groups is 1. The normalized spacial score (nSPS) is 18.9. The maximum absolute atomic E-state index is 14.1. The van der Waals surface area contributed by atoms with E-state index in [1.807, 2.05) is 0 Å². The zero-order chi connectivity index (χ0) is 33.6. The number of thioether (sulfide) groups is 1. The Hall–Kier alpha value is -4.21. The minimum Gasteiger partial charge on any atom is -0.462 e. The fourth-order valence-corrected chi connectivity index (χ4v) is 8.89. The van der Waals surface area contributed by atoms with Crippen LogP contribution in [-0.2, 0) is 31.8 Å². The Labute approximate surface area is 281 Å². The number of fused-ring (bicyclic) bond motifs is 2. The van der Waals surface area contributed by atoms with Crippen LogP contribution in [0.15, 0.2) is 87.1 Å². The molecule has 3 atom stereocenters. The van der Waals surface area contributed by atoms with Gasteiger partial charge in [-0.2, -0.15) is 13.2 Å². The second-order valence-electron chi connectivity index (χ2n) is 10.6. The van der Waals surface area contributed by atoms with E-state index in [0.29, 0.717) is 14.9 Å². The number of benzene rings is 3. The van der Waals surface area contributed by atoms with Gasteiger partial charge in [0.25, 0.3) is 0 Å². The van der Waals surface area contributed by atoms with E-state index < -0.39 is 69.6 Å². The molecule has 0 aliphatic carbocycles. The first-order valence-corrected chi connectivity index (χ1v) is 16.6. The van der Waals surface area contributed by atoms with Gasteiger partial charge in [0.1, 0.15) is 11.8 Å². The highest BCUT2D eigenvalue weighted by molar-refractivity contribution is 9.10. The molecule has 15 heteroatoms. The fourth-order valence-electron chi connectivity index (χ4n) is 5.70. The van der Waals surface area contributed by atoms with Gasteiger partial charge in [0, 0.05) is 15.3 Å². The van der Waals surface area contributed by atoms with E-state index in [1.54, 1.807) is 31.2 Å². The minimum atomic E-state index is -4.72. The van der Waals surface area contributed by atoms with Crippen LogP contribution < -0.4 is 15.1 Å². The lowest BCUT2D eigenvalue weighted by Crippen LogP contribution is -2.33. The van der Waals surface area contributed by atoms with Crippen molar-refractivity contribution in [3.8, 4) is 0 Å². The van der Waals surface area contributed by atoms with Crippen molar-refractivity contribution in [3.63, 3.8) is 0 Å². The molecule has 6 rings (SSSR count). The average molecular weight is 747 g/mol. The molecule has 2 aliphatic rings. The molecule has 4 aromatic rings. The van der Waals surface area contributed by atoms with Gasteiger partial charge in [0.2, 0.25) is 17.7 Å². The molecular formula is C32H23BrF3N3O6S2. The summed E-state index contributed by atoms with van der Waals surface area (Å²) in [5, 5.41) is 1.55. The molecule has 1 aromatic heterocycles. The number of thiazole rings is 1. The third-order valence-corrected chi connectivity index (χ3v) is 10.8. The molecule has 1 fully saturated rings. The minimum absolute atomic E-state index is 0.180. The number of halogens is 4. The molecule has 0 saturated carbocycles. The summed E-state index contributed by atoms with van der Waals surface area (Å²) < 4.78 is 47.5. The molecule has 0 spiro atoms. The van der Waals surface area contributed by atoms with E-state index in [0.717, 1.165) is 44.7 Å². The summed E-state index contributed by atoms with van der Waals surface area (Å²) >= 11 is 5.24. The van der Waals surface area contributed by atoms with Gasteiger partial charge in [0.15, 0.2) is 0 Å². The summed E-state index contributed by atoms with van der Waals surface area (Å²) in [4.78, 5) is 67.6. The first kappa shape index (κ1) is 32.7. The third kappa shape index (κ3) is 6.14. The van der Waals surface area contributed by atoms with Crippen LogP contribution in [-0.4, -0.2) is 40.1 Å². The zero-order valence-electron chi connectivity index (χ0n) is 24.2. The zero-order valence-corrected chi connectivity index (χ0v) is 27.5. The Balaban J connectivity index is 1.37. The highest BCUT2D eigenvalue weighted by Gasteiger charge is 2.57. The molecule has 0 radical (unpaired) electrons. The SMILES string of the molecule is CCOC(=O)c1ccc(N2C(=O)C3Sc4c(sc(=O)n4CC(=O)Nc4ccccc4C(F)(F)F)C(c4cccc(Br)c4)C3C2=O)cc1. The molecule has 2 aliphatic heterocycles. The van der Waals surface area contributed by atoms with E-state index in [4.69, 9.17) is 4.74 Å².